The van der Waals surface area contributed by atoms with Crippen LogP contribution >= 0.6 is 15.9 Å². The van der Waals surface area contributed by atoms with Gasteiger partial charge in [-0.2, -0.15) is 0 Å². The molecule has 1 aliphatic heterocycles. The van der Waals surface area contributed by atoms with Crippen molar-refractivity contribution in [1.82, 2.24) is 4.98 Å². The van der Waals surface area contributed by atoms with Crippen LogP contribution in [0.1, 0.15) is 33.3 Å². The van der Waals surface area contributed by atoms with E-state index >= 15 is 0 Å². The Morgan fingerprint density at radius 2 is 1.84 bits per heavy atom. The van der Waals surface area contributed by atoms with E-state index in [4.69, 9.17) is 9.31 Å². The largest absolute Gasteiger partial charge is 0.496 e. The summed E-state index contributed by atoms with van der Waals surface area (Å²) < 4.78 is 12.0. The van der Waals surface area contributed by atoms with Crippen LogP contribution in [0.4, 0.5) is 0 Å². The number of halogens is 1. The molecule has 19 heavy (non-hydrogen) atoms. The maximum absolute atomic E-state index is 5.99. The molecule has 2 heterocycles. The number of nitrogens with zero attached hydrogens (tertiary/aromatic N) is 1. The van der Waals surface area contributed by atoms with E-state index in [1.54, 1.807) is 12.4 Å². The lowest BCUT2D eigenvalue weighted by molar-refractivity contribution is 0.00578. The standard InChI is InChI=1S/C14H17BBrNO2/c1-13(2)14(3,4)19-15(18-13)12-8-11(6-5-7-16)9-17-10-12/h8-10H,7H2,1-4H3. The highest BCUT2D eigenvalue weighted by molar-refractivity contribution is 9.09. The Kier molecular flexibility index (Phi) is 4.05. The van der Waals surface area contributed by atoms with Gasteiger partial charge in [-0.1, -0.05) is 27.8 Å². The summed E-state index contributed by atoms with van der Waals surface area (Å²) in [4.78, 5) is 4.20. The third kappa shape index (κ3) is 3.02. The average molecular weight is 322 g/mol. The third-order valence-corrected chi connectivity index (χ3v) is 3.86. The Labute approximate surface area is 123 Å². The van der Waals surface area contributed by atoms with Gasteiger partial charge < -0.3 is 9.31 Å². The van der Waals surface area contributed by atoms with E-state index in [2.05, 4.69) is 32.8 Å². The van der Waals surface area contributed by atoms with Crippen molar-refractivity contribution in [3.63, 3.8) is 0 Å². The summed E-state index contributed by atoms with van der Waals surface area (Å²) in [6.45, 7) is 8.15. The molecular formula is C14H17BBrNO2. The lowest BCUT2D eigenvalue weighted by atomic mass is 9.80. The highest BCUT2D eigenvalue weighted by Gasteiger charge is 2.51. The molecule has 5 heteroatoms. The number of alkyl halides is 1. The zero-order valence-corrected chi connectivity index (χ0v) is 13.2. The maximum atomic E-state index is 5.99. The Bertz CT molecular complexity index is 518. The fourth-order valence-corrected chi connectivity index (χ4v) is 1.91. The minimum Gasteiger partial charge on any atom is -0.399 e. The lowest BCUT2D eigenvalue weighted by Gasteiger charge is -2.32. The molecule has 0 unspecified atom stereocenters. The van der Waals surface area contributed by atoms with E-state index < -0.39 is 0 Å². The number of rotatable bonds is 1. The van der Waals surface area contributed by atoms with Gasteiger partial charge in [0.2, 0.25) is 0 Å². The van der Waals surface area contributed by atoms with Crippen LogP contribution in [0.3, 0.4) is 0 Å². The maximum Gasteiger partial charge on any atom is 0.496 e. The summed E-state index contributed by atoms with van der Waals surface area (Å²) in [7, 11) is -0.386. The third-order valence-electron chi connectivity index (χ3n) is 3.58. The Morgan fingerprint density at radius 1 is 1.21 bits per heavy atom. The number of aromatic nitrogens is 1. The van der Waals surface area contributed by atoms with Gasteiger partial charge in [0.25, 0.3) is 0 Å². The normalized spacial score (nSPS) is 19.9. The smallest absolute Gasteiger partial charge is 0.399 e. The predicted octanol–water partition coefficient (Wildman–Crippen LogP) is 2.13. The highest BCUT2D eigenvalue weighted by atomic mass is 79.9. The molecule has 0 aromatic carbocycles. The molecule has 1 fully saturated rings. The molecule has 0 bridgehead atoms. The minimum atomic E-state index is -0.386. The zero-order valence-electron chi connectivity index (χ0n) is 11.7. The van der Waals surface area contributed by atoms with Crippen molar-refractivity contribution in [2.24, 2.45) is 0 Å². The quantitative estimate of drug-likeness (QED) is 0.451. The van der Waals surface area contributed by atoms with Crippen molar-refractivity contribution >= 4 is 28.5 Å². The van der Waals surface area contributed by atoms with E-state index in [9.17, 15) is 0 Å². The molecule has 0 spiro atoms. The van der Waals surface area contributed by atoms with E-state index in [0.717, 1.165) is 11.0 Å². The van der Waals surface area contributed by atoms with Gasteiger partial charge in [0, 0.05) is 23.4 Å². The molecule has 0 atom stereocenters. The van der Waals surface area contributed by atoms with Crippen LogP contribution in [0.15, 0.2) is 18.5 Å². The molecular weight excluding hydrogens is 305 g/mol. The van der Waals surface area contributed by atoms with Gasteiger partial charge in [-0.15, -0.1) is 0 Å². The average Bonchev–Trinajstić information content (AvgIpc) is 2.56. The first-order chi connectivity index (χ1) is 8.86. The molecule has 1 aromatic heterocycles. The van der Waals surface area contributed by atoms with Crippen LogP contribution in [0, 0.1) is 11.8 Å². The van der Waals surface area contributed by atoms with Gasteiger partial charge >= 0.3 is 7.12 Å². The molecule has 1 aliphatic rings. The Balaban J connectivity index is 2.25. The Morgan fingerprint density at radius 3 is 2.42 bits per heavy atom. The second kappa shape index (κ2) is 5.28. The van der Waals surface area contributed by atoms with E-state index in [1.807, 2.05) is 33.8 Å². The summed E-state index contributed by atoms with van der Waals surface area (Å²) in [6.07, 6.45) is 3.51. The molecule has 1 saturated heterocycles. The molecule has 1 aromatic rings. The molecule has 3 nitrogen and oxygen atoms in total. The van der Waals surface area contributed by atoms with Gasteiger partial charge in [-0.25, -0.2) is 0 Å². The zero-order chi connectivity index (χ0) is 14.1. The van der Waals surface area contributed by atoms with Crippen molar-refractivity contribution in [1.29, 1.82) is 0 Å². The highest BCUT2D eigenvalue weighted by Crippen LogP contribution is 2.36. The first-order valence-electron chi connectivity index (χ1n) is 6.21. The van der Waals surface area contributed by atoms with Crippen molar-refractivity contribution in [3.8, 4) is 11.8 Å². The van der Waals surface area contributed by atoms with Gasteiger partial charge in [0.15, 0.2) is 0 Å². The summed E-state index contributed by atoms with van der Waals surface area (Å²) in [6, 6.07) is 1.96. The van der Waals surface area contributed by atoms with E-state index in [1.165, 1.54) is 0 Å². The second-order valence-corrected chi connectivity index (χ2v) is 6.09. The molecule has 0 radical (unpaired) electrons. The summed E-state index contributed by atoms with van der Waals surface area (Å²) in [5.74, 6) is 5.99. The monoisotopic (exact) mass is 321 g/mol. The summed E-state index contributed by atoms with van der Waals surface area (Å²) in [5, 5.41) is 0.647. The molecule has 100 valence electrons. The van der Waals surface area contributed by atoms with Crippen molar-refractivity contribution in [3.05, 3.63) is 24.0 Å². The molecule has 0 aliphatic carbocycles. The summed E-state index contributed by atoms with van der Waals surface area (Å²) >= 11 is 3.28. The van der Waals surface area contributed by atoms with Crippen LogP contribution in [0.5, 0.6) is 0 Å². The predicted molar refractivity (Wildman–Crippen MR) is 80.6 cm³/mol. The number of hydrogen-bond donors (Lipinski definition) is 0. The fraction of sp³-hybridized carbons (Fsp3) is 0.500. The molecule has 0 saturated carbocycles. The first kappa shape index (κ1) is 14.6. The van der Waals surface area contributed by atoms with Gasteiger partial charge in [-0.05, 0) is 33.8 Å². The van der Waals surface area contributed by atoms with E-state index in [0.29, 0.717) is 5.33 Å². The fourth-order valence-electron chi connectivity index (χ4n) is 1.77. The van der Waals surface area contributed by atoms with Crippen LogP contribution in [0.2, 0.25) is 0 Å². The molecule has 0 amide bonds. The topological polar surface area (TPSA) is 31.4 Å². The number of hydrogen-bond acceptors (Lipinski definition) is 3. The minimum absolute atomic E-state index is 0.338. The summed E-state index contributed by atoms with van der Waals surface area (Å²) in [5.41, 5.74) is 1.09. The first-order valence-corrected chi connectivity index (χ1v) is 7.33. The Hall–Kier alpha value is -0.825. The van der Waals surface area contributed by atoms with E-state index in [-0.39, 0.29) is 18.3 Å². The van der Waals surface area contributed by atoms with Crippen molar-refractivity contribution in [2.45, 2.75) is 38.9 Å². The van der Waals surface area contributed by atoms with Crippen LogP contribution < -0.4 is 5.46 Å². The van der Waals surface area contributed by atoms with Crippen LogP contribution in [-0.4, -0.2) is 28.6 Å². The second-order valence-electron chi connectivity index (χ2n) is 5.53. The number of pyridine rings is 1. The lowest BCUT2D eigenvalue weighted by Crippen LogP contribution is -2.41. The van der Waals surface area contributed by atoms with Gasteiger partial charge in [0.05, 0.1) is 16.5 Å². The van der Waals surface area contributed by atoms with Gasteiger partial charge in [-0.3, -0.25) is 4.98 Å². The molecule has 0 N–H and O–H groups in total. The molecule has 2 rings (SSSR count). The van der Waals surface area contributed by atoms with Gasteiger partial charge in [0.1, 0.15) is 0 Å². The van der Waals surface area contributed by atoms with Crippen LogP contribution in [0.25, 0.3) is 0 Å². The van der Waals surface area contributed by atoms with Crippen molar-refractivity contribution < 1.29 is 9.31 Å². The van der Waals surface area contributed by atoms with Crippen molar-refractivity contribution in [2.75, 3.05) is 5.33 Å². The SMILES string of the molecule is CC1(C)OB(c2cncc(C#CCBr)c2)OC1(C)C. The van der Waals surface area contributed by atoms with Crippen LogP contribution in [-0.2, 0) is 9.31 Å².